The number of nitrogens with zero attached hydrogens (tertiary/aromatic N) is 2. The molecule has 1 unspecified atom stereocenters. The zero-order chi connectivity index (χ0) is 11.7. The molecule has 0 aliphatic carbocycles. The van der Waals surface area contributed by atoms with Crippen LogP contribution >= 0.6 is 0 Å². The predicted octanol–water partition coefficient (Wildman–Crippen LogP) is 1.90. The maximum Gasteiger partial charge on any atom is 0.119 e. The van der Waals surface area contributed by atoms with E-state index in [1.807, 2.05) is 12.4 Å². The minimum Gasteiger partial charge on any atom is -0.508 e. The molecule has 1 fully saturated rings. The molecule has 0 spiro atoms. The van der Waals surface area contributed by atoms with Crippen LogP contribution in [0.15, 0.2) is 24.5 Å². The summed E-state index contributed by atoms with van der Waals surface area (Å²) in [5, 5.41) is 12.9. The van der Waals surface area contributed by atoms with Crippen LogP contribution in [0.3, 0.4) is 0 Å². The van der Waals surface area contributed by atoms with E-state index in [-0.39, 0.29) is 0 Å². The van der Waals surface area contributed by atoms with E-state index in [9.17, 15) is 5.11 Å². The Bertz CT molecular complexity index is 512. The van der Waals surface area contributed by atoms with Crippen LogP contribution in [0.2, 0.25) is 0 Å². The van der Waals surface area contributed by atoms with Crippen LogP contribution in [-0.4, -0.2) is 27.6 Å². The minimum absolute atomic E-state index is 0.294. The van der Waals surface area contributed by atoms with Crippen LogP contribution in [-0.2, 0) is 0 Å². The summed E-state index contributed by atoms with van der Waals surface area (Å²) in [6, 6.07) is 3.46. The van der Waals surface area contributed by atoms with E-state index >= 15 is 0 Å². The molecule has 1 aliphatic heterocycles. The highest BCUT2D eigenvalue weighted by Gasteiger charge is 2.18. The number of aromatic hydroxyl groups is 1. The highest BCUT2D eigenvalue weighted by molar-refractivity contribution is 5.50. The second-order valence-corrected chi connectivity index (χ2v) is 4.69. The van der Waals surface area contributed by atoms with Crippen molar-refractivity contribution in [2.45, 2.75) is 25.2 Å². The normalized spacial score (nSPS) is 21.5. The van der Waals surface area contributed by atoms with Gasteiger partial charge >= 0.3 is 0 Å². The summed E-state index contributed by atoms with van der Waals surface area (Å²) in [6.07, 6.45) is 7.43. The van der Waals surface area contributed by atoms with E-state index < -0.39 is 0 Å². The van der Waals surface area contributed by atoms with Gasteiger partial charge in [-0.1, -0.05) is 6.42 Å². The average Bonchev–Trinajstić information content (AvgIpc) is 2.57. The number of fused-ring (bicyclic) bond motifs is 1. The molecule has 0 bridgehead atoms. The lowest BCUT2D eigenvalue weighted by Crippen LogP contribution is -2.20. The van der Waals surface area contributed by atoms with E-state index in [2.05, 4.69) is 14.7 Å². The summed E-state index contributed by atoms with van der Waals surface area (Å²) >= 11 is 0. The number of hydrogen-bond acceptors (Lipinski definition) is 3. The molecule has 4 nitrogen and oxygen atoms in total. The number of aromatic nitrogens is 2. The Morgan fingerprint density at radius 2 is 2.35 bits per heavy atom. The van der Waals surface area contributed by atoms with Crippen molar-refractivity contribution in [2.75, 3.05) is 13.1 Å². The molecule has 0 amide bonds. The van der Waals surface area contributed by atoms with Crippen molar-refractivity contribution in [1.29, 1.82) is 0 Å². The molecule has 3 heterocycles. The molecule has 17 heavy (non-hydrogen) atoms. The van der Waals surface area contributed by atoms with Crippen LogP contribution in [0.25, 0.3) is 5.52 Å². The van der Waals surface area contributed by atoms with Gasteiger partial charge < -0.3 is 14.8 Å². The molecule has 2 aromatic rings. The molecule has 4 heteroatoms. The van der Waals surface area contributed by atoms with Gasteiger partial charge in [0.05, 0.1) is 11.7 Å². The van der Waals surface area contributed by atoms with Gasteiger partial charge in [0.1, 0.15) is 11.6 Å². The van der Waals surface area contributed by atoms with Crippen molar-refractivity contribution in [2.24, 2.45) is 0 Å². The smallest absolute Gasteiger partial charge is 0.119 e. The van der Waals surface area contributed by atoms with Gasteiger partial charge in [0, 0.05) is 24.7 Å². The fourth-order valence-corrected chi connectivity index (χ4v) is 2.55. The molecule has 2 aromatic heterocycles. The third kappa shape index (κ3) is 2.00. The van der Waals surface area contributed by atoms with E-state index in [4.69, 9.17) is 0 Å². The molecule has 0 saturated carbocycles. The van der Waals surface area contributed by atoms with Crippen molar-refractivity contribution >= 4 is 5.52 Å². The van der Waals surface area contributed by atoms with Crippen LogP contribution in [0.5, 0.6) is 5.75 Å². The van der Waals surface area contributed by atoms with E-state index in [0.29, 0.717) is 11.7 Å². The molecule has 3 rings (SSSR count). The Labute approximate surface area is 100 Å². The summed E-state index contributed by atoms with van der Waals surface area (Å²) < 4.78 is 2.08. The molecule has 0 aromatic carbocycles. The topological polar surface area (TPSA) is 49.6 Å². The van der Waals surface area contributed by atoms with Crippen LogP contribution < -0.4 is 5.32 Å². The molecule has 90 valence electrons. The lowest BCUT2D eigenvalue weighted by Gasteiger charge is -2.13. The van der Waals surface area contributed by atoms with E-state index in [1.165, 1.54) is 19.3 Å². The first kappa shape index (κ1) is 10.6. The summed E-state index contributed by atoms with van der Waals surface area (Å²) in [4.78, 5) is 4.51. The van der Waals surface area contributed by atoms with Crippen molar-refractivity contribution < 1.29 is 5.11 Å². The maximum absolute atomic E-state index is 9.44. The Morgan fingerprint density at radius 1 is 1.41 bits per heavy atom. The van der Waals surface area contributed by atoms with Gasteiger partial charge in [0.25, 0.3) is 0 Å². The lowest BCUT2D eigenvalue weighted by molar-refractivity contribution is 0.475. The third-order valence-electron chi connectivity index (χ3n) is 3.46. The van der Waals surface area contributed by atoms with Gasteiger partial charge in [-0.25, -0.2) is 4.98 Å². The monoisotopic (exact) mass is 231 g/mol. The Hall–Kier alpha value is -1.55. The van der Waals surface area contributed by atoms with Crippen LogP contribution in [0, 0.1) is 0 Å². The Kier molecular flexibility index (Phi) is 2.73. The third-order valence-corrected chi connectivity index (χ3v) is 3.46. The van der Waals surface area contributed by atoms with Gasteiger partial charge in [0.2, 0.25) is 0 Å². The van der Waals surface area contributed by atoms with Crippen LogP contribution in [0.1, 0.15) is 31.0 Å². The van der Waals surface area contributed by atoms with E-state index in [0.717, 1.165) is 24.4 Å². The Balaban J connectivity index is 1.98. The lowest BCUT2D eigenvalue weighted by atomic mass is 10.0. The SMILES string of the molecule is Oc1ccn2c(C3CCCCNC3)ncc2c1. The zero-order valence-electron chi connectivity index (χ0n) is 9.76. The Morgan fingerprint density at radius 3 is 3.29 bits per heavy atom. The molecular weight excluding hydrogens is 214 g/mol. The molecule has 1 atom stereocenters. The molecule has 1 saturated heterocycles. The number of rotatable bonds is 1. The molecular formula is C13H17N3O. The fraction of sp³-hybridized carbons (Fsp3) is 0.462. The predicted molar refractivity (Wildman–Crippen MR) is 66.3 cm³/mol. The van der Waals surface area contributed by atoms with Gasteiger partial charge in [-0.3, -0.25) is 0 Å². The minimum atomic E-state index is 0.294. The fourth-order valence-electron chi connectivity index (χ4n) is 2.55. The second kappa shape index (κ2) is 4.37. The summed E-state index contributed by atoms with van der Waals surface area (Å²) in [5.41, 5.74) is 0.962. The van der Waals surface area contributed by atoms with Crippen molar-refractivity contribution in [3.8, 4) is 5.75 Å². The van der Waals surface area contributed by atoms with Crippen LogP contribution in [0.4, 0.5) is 0 Å². The first-order chi connectivity index (χ1) is 8.34. The van der Waals surface area contributed by atoms with Crippen molar-refractivity contribution in [3.05, 3.63) is 30.4 Å². The van der Waals surface area contributed by atoms with Crippen molar-refractivity contribution in [1.82, 2.24) is 14.7 Å². The first-order valence-electron chi connectivity index (χ1n) is 6.21. The first-order valence-corrected chi connectivity index (χ1v) is 6.21. The zero-order valence-corrected chi connectivity index (χ0v) is 9.76. The number of nitrogens with one attached hydrogen (secondary N) is 1. The van der Waals surface area contributed by atoms with E-state index in [1.54, 1.807) is 12.1 Å². The van der Waals surface area contributed by atoms with Crippen molar-refractivity contribution in [3.63, 3.8) is 0 Å². The molecule has 1 aliphatic rings. The summed E-state index contributed by atoms with van der Waals surface area (Å²) in [6.45, 7) is 2.11. The quantitative estimate of drug-likeness (QED) is 0.788. The highest BCUT2D eigenvalue weighted by atomic mass is 16.3. The standard InChI is InChI=1S/C13H17N3O/c17-12-4-6-16-11(7-12)9-15-13(16)10-3-1-2-5-14-8-10/h4,6-7,9-10,14,17H,1-3,5,8H2. The largest absolute Gasteiger partial charge is 0.508 e. The number of pyridine rings is 1. The highest BCUT2D eigenvalue weighted by Crippen LogP contribution is 2.24. The average molecular weight is 231 g/mol. The van der Waals surface area contributed by atoms with Gasteiger partial charge in [-0.05, 0) is 25.5 Å². The summed E-state index contributed by atoms with van der Waals surface area (Å²) in [7, 11) is 0. The maximum atomic E-state index is 9.44. The number of hydrogen-bond donors (Lipinski definition) is 2. The number of imidazole rings is 1. The summed E-state index contributed by atoms with van der Waals surface area (Å²) in [5.74, 6) is 1.88. The van der Waals surface area contributed by atoms with Gasteiger partial charge in [0.15, 0.2) is 0 Å². The van der Waals surface area contributed by atoms with Gasteiger partial charge in [-0.15, -0.1) is 0 Å². The van der Waals surface area contributed by atoms with Gasteiger partial charge in [-0.2, -0.15) is 0 Å². The second-order valence-electron chi connectivity index (χ2n) is 4.69. The molecule has 2 N–H and O–H groups in total. The molecule has 0 radical (unpaired) electrons.